The van der Waals surface area contributed by atoms with E-state index in [0.29, 0.717) is 6.54 Å². The Morgan fingerprint density at radius 1 is 1.04 bits per heavy atom. The van der Waals surface area contributed by atoms with Crippen LogP contribution in [0.1, 0.15) is 35.7 Å². The number of rotatable bonds is 6. The van der Waals surface area contributed by atoms with Crippen LogP contribution in [0.2, 0.25) is 0 Å². The maximum absolute atomic E-state index is 13.0. The summed E-state index contributed by atoms with van der Waals surface area (Å²) in [7, 11) is 0. The third-order valence-corrected chi connectivity index (χ3v) is 4.14. The Morgan fingerprint density at radius 2 is 1.88 bits per heavy atom. The highest BCUT2D eigenvalue weighted by molar-refractivity contribution is 5.97. The molecule has 0 saturated carbocycles. The first-order valence-electron chi connectivity index (χ1n) is 8.46. The van der Waals surface area contributed by atoms with Gasteiger partial charge >= 0.3 is 0 Å². The molecule has 3 heteroatoms. The van der Waals surface area contributed by atoms with Crippen LogP contribution < -0.4 is 0 Å². The second kappa shape index (κ2) is 7.73. The van der Waals surface area contributed by atoms with Crippen LogP contribution in [-0.4, -0.2) is 22.3 Å². The number of pyridine rings is 1. The molecular weight excluding hydrogens is 296 g/mol. The molecule has 0 fully saturated rings. The molecule has 3 nitrogen and oxygen atoms in total. The zero-order valence-electron chi connectivity index (χ0n) is 14.0. The van der Waals surface area contributed by atoms with Gasteiger partial charge in [0.15, 0.2) is 0 Å². The van der Waals surface area contributed by atoms with Gasteiger partial charge in [0, 0.05) is 30.2 Å². The van der Waals surface area contributed by atoms with E-state index in [4.69, 9.17) is 0 Å². The lowest BCUT2D eigenvalue weighted by molar-refractivity contribution is 0.0741. The van der Waals surface area contributed by atoms with Gasteiger partial charge in [0.25, 0.3) is 5.91 Å². The maximum Gasteiger partial charge on any atom is 0.254 e. The summed E-state index contributed by atoms with van der Waals surface area (Å²) >= 11 is 0. The van der Waals surface area contributed by atoms with E-state index in [-0.39, 0.29) is 5.91 Å². The number of benzene rings is 2. The molecule has 1 amide bonds. The summed E-state index contributed by atoms with van der Waals surface area (Å²) in [5.74, 6) is 0.0815. The third kappa shape index (κ3) is 3.80. The number of amides is 1. The number of unbranched alkanes of at least 4 members (excludes halogenated alkanes) is 1. The highest BCUT2D eigenvalue weighted by atomic mass is 16.2. The van der Waals surface area contributed by atoms with Crippen molar-refractivity contribution in [1.29, 1.82) is 0 Å². The number of carbonyl (C=O) groups is 1. The number of fused-ring (bicyclic) bond motifs is 1. The Kier molecular flexibility index (Phi) is 5.22. The van der Waals surface area contributed by atoms with E-state index in [9.17, 15) is 4.79 Å². The number of nitrogens with zero attached hydrogens (tertiary/aromatic N) is 2. The average Bonchev–Trinajstić information content (AvgIpc) is 2.65. The van der Waals surface area contributed by atoms with Gasteiger partial charge in [-0.25, -0.2) is 0 Å². The van der Waals surface area contributed by atoms with Crippen molar-refractivity contribution in [2.75, 3.05) is 6.54 Å². The van der Waals surface area contributed by atoms with Gasteiger partial charge in [-0.15, -0.1) is 0 Å². The van der Waals surface area contributed by atoms with Crippen molar-refractivity contribution < 1.29 is 4.79 Å². The predicted molar refractivity (Wildman–Crippen MR) is 97.8 cm³/mol. The molecule has 1 heterocycles. The standard InChI is InChI=1S/C21H22N2O/c1-2-3-14-23(16-17-8-5-4-6-9-17)21(24)19-11-12-20-18(15-19)10-7-13-22-20/h4-13,15H,2-3,14,16H2,1H3. The van der Waals surface area contributed by atoms with Gasteiger partial charge in [0.05, 0.1) is 5.52 Å². The highest BCUT2D eigenvalue weighted by Crippen LogP contribution is 2.17. The molecule has 0 aliphatic carbocycles. The van der Waals surface area contributed by atoms with Crippen LogP contribution in [-0.2, 0) is 6.54 Å². The van der Waals surface area contributed by atoms with Crippen LogP contribution in [0.25, 0.3) is 10.9 Å². The molecule has 0 radical (unpaired) electrons. The van der Waals surface area contributed by atoms with Crippen molar-refractivity contribution in [1.82, 2.24) is 9.88 Å². The Labute approximate surface area is 143 Å². The summed E-state index contributed by atoms with van der Waals surface area (Å²) in [5, 5.41) is 0.999. The van der Waals surface area contributed by atoms with Crippen molar-refractivity contribution in [2.45, 2.75) is 26.3 Å². The lowest BCUT2D eigenvalue weighted by atomic mass is 10.1. The van der Waals surface area contributed by atoms with Crippen molar-refractivity contribution in [3.8, 4) is 0 Å². The van der Waals surface area contributed by atoms with E-state index in [0.717, 1.165) is 41.4 Å². The molecule has 24 heavy (non-hydrogen) atoms. The molecule has 0 unspecified atom stereocenters. The van der Waals surface area contributed by atoms with Gasteiger partial charge in [0.2, 0.25) is 0 Å². The minimum atomic E-state index is 0.0815. The number of carbonyl (C=O) groups excluding carboxylic acids is 1. The number of aromatic nitrogens is 1. The van der Waals surface area contributed by atoms with Crippen LogP contribution in [0.4, 0.5) is 0 Å². The van der Waals surface area contributed by atoms with Crippen LogP contribution in [0, 0.1) is 0 Å². The molecule has 2 aromatic carbocycles. The van der Waals surface area contributed by atoms with Gasteiger partial charge in [-0.1, -0.05) is 49.7 Å². The zero-order chi connectivity index (χ0) is 16.8. The molecule has 122 valence electrons. The summed E-state index contributed by atoms with van der Waals surface area (Å²) in [6.45, 7) is 3.56. The van der Waals surface area contributed by atoms with E-state index >= 15 is 0 Å². The fourth-order valence-electron chi connectivity index (χ4n) is 2.80. The van der Waals surface area contributed by atoms with Crippen LogP contribution in [0.15, 0.2) is 66.9 Å². The van der Waals surface area contributed by atoms with E-state index in [1.165, 1.54) is 0 Å². The van der Waals surface area contributed by atoms with Crippen molar-refractivity contribution in [2.24, 2.45) is 0 Å². The zero-order valence-corrected chi connectivity index (χ0v) is 14.0. The Morgan fingerprint density at radius 3 is 2.67 bits per heavy atom. The Bertz CT molecular complexity index is 814. The van der Waals surface area contributed by atoms with Gasteiger partial charge in [-0.05, 0) is 36.2 Å². The molecule has 0 spiro atoms. The quantitative estimate of drug-likeness (QED) is 0.661. The molecule has 0 saturated heterocycles. The first-order chi connectivity index (χ1) is 11.8. The largest absolute Gasteiger partial charge is 0.334 e. The summed E-state index contributed by atoms with van der Waals surface area (Å²) < 4.78 is 0. The van der Waals surface area contributed by atoms with Gasteiger partial charge in [-0.3, -0.25) is 9.78 Å². The summed E-state index contributed by atoms with van der Waals surface area (Å²) in [5.41, 5.74) is 2.80. The van der Waals surface area contributed by atoms with Crippen molar-refractivity contribution in [3.05, 3.63) is 78.0 Å². The van der Waals surface area contributed by atoms with Gasteiger partial charge in [0.1, 0.15) is 0 Å². The lowest BCUT2D eigenvalue weighted by Gasteiger charge is -2.23. The van der Waals surface area contributed by atoms with E-state index in [1.54, 1.807) is 6.20 Å². The average molecular weight is 318 g/mol. The van der Waals surface area contributed by atoms with E-state index in [2.05, 4.69) is 24.0 Å². The first-order valence-corrected chi connectivity index (χ1v) is 8.46. The number of hydrogen-bond donors (Lipinski definition) is 0. The second-order valence-corrected chi connectivity index (χ2v) is 5.98. The molecule has 3 rings (SSSR count). The Balaban J connectivity index is 1.85. The maximum atomic E-state index is 13.0. The summed E-state index contributed by atoms with van der Waals surface area (Å²) in [6.07, 6.45) is 3.85. The smallest absolute Gasteiger partial charge is 0.254 e. The Hall–Kier alpha value is -2.68. The van der Waals surface area contributed by atoms with Crippen LogP contribution >= 0.6 is 0 Å². The SMILES string of the molecule is CCCCN(Cc1ccccc1)C(=O)c1ccc2ncccc2c1. The summed E-state index contributed by atoms with van der Waals surface area (Å²) in [4.78, 5) is 19.3. The first kappa shape index (κ1) is 16.2. The van der Waals surface area contributed by atoms with Gasteiger partial charge < -0.3 is 4.90 Å². The lowest BCUT2D eigenvalue weighted by Crippen LogP contribution is -2.31. The van der Waals surface area contributed by atoms with Crippen LogP contribution in [0.3, 0.4) is 0 Å². The molecule has 0 aliphatic heterocycles. The molecule has 0 aliphatic rings. The van der Waals surface area contributed by atoms with E-state index < -0.39 is 0 Å². The molecular formula is C21H22N2O. The van der Waals surface area contributed by atoms with Gasteiger partial charge in [-0.2, -0.15) is 0 Å². The molecule has 0 bridgehead atoms. The topological polar surface area (TPSA) is 33.2 Å². The van der Waals surface area contributed by atoms with Crippen molar-refractivity contribution >= 4 is 16.8 Å². The predicted octanol–water partition coefficient (Wildman–Crippen LogP) is 4.68. The monoisotopic (exact) mass is 318 g/mol. The highest BCUT2D eigenvalue weighted by Gasteiger charge is 2.16. The van der Waals surface area contributed by atoms with E-state index in [1.807, 2.05) is 53.4 Å². The summed E-state index contributed by atoms with van der Waals surface area (Å²) in [6, 6.07) is 19.8. The minimum Gasteiger partial charge on any atom is -0.334 e. The molecule has 3 aromatic rings. The molecule has 1 aromatic heterocycles. The second-order valence-electron chi connectivity index (χ2n) is 5.98. The third-order valence-electron chi connectivity index (χ3n) is 4.14. The molecule has 0 atom stereocenters. The van der Waals surface area contributed by atoms with Crippen LogP contribution in [0.5, 0.6) is 0 Å². The molecule has 0 N–H and O–H groups in total. The number of hydrogen-bond acceptors (Lipinski definition) is 2. The minimum absolute atomic E-state index is 0.0815. The van der Waals surface area contributed by atoms with Crippen molar-refractivity contribution in [3.63, 3.8) is 0 Å². The fraction of sp³-hybridized carbons (Fsp3) is 0.238. The normalized spacial score (nSPS) is 10.7. The fourth-order valence-corrected chi connectivity index (χ4v) is 2.80.